The summed E-state index contributed by atoms with van der Waals surface area (Å²) in [6.45, 7) is 4.77. The smallest absolute Gasteiger partial charge is 0.306 e. The molecule has 0 aromatic heterocycles. The van der Waals surface area contributed by atoms with Crippen LogP contribution in [-0.2, 0) is 33.3 Å². The van der Waals surface area contributed by atoms with Gasteiger partial charge >= 0.3 is 11.9 Å². The number of esters is 2. The number of unbranched alkanes of at least 4 members (excludes halogenated alkanes) is 46. The van der Waals surface area contributed by atoms with Crippen LogP contribution in [0.1, 0.15) is 373 Å². The van der Waals surface area contributed by atoms with Crippen LogP contribution in [0.25, 0.3) is 0 Å². The van der Waals surface area contributed by atoms with Gasteiger partial charge in [0.05, 0.1) is 40.3 Å². The monoisotopic (exact) mass is 1280 g/mol. The van der Waals surface area contributed by atoms with E-state index in [9.17, 15) is 19.5 Å². The molecule has 0 fully saturated rings. The normalized spacial score (nSPS) is 13.0. The molecule has 0 spiro atoms. The maximum absolute atomic E-state index is 13.0. The molecule has 9 heteroatoms. The second kappa shape index (κ2) is 72.6. The molecule has 0 amide bonds. The first kappa shape index (κ1) is 87.7. The summed E-state index contributed by atoms with van der Waals surface area (Å²) in [7, 11) is 5.94. The summed E-state index contributed by atoms with van der Waals surface area (Å²) in [5.74, 6) is -2.26. The minimum absolute atomic E-state index is 0.148. The predicted molar refractivity (Wildman–Crippen MR) is 389 cm³/mol. The van der Waals surface area contributed by atoms with Crippen molar-refractivity contribution in [3.63, 3.8) is 0 Å². The molecule has 91 heavy (non-hydrogen) atoms. The Hall–Kier alpha value is -3.27. The lowest BCUT2D eigenvalue weighted by molar-refractivity contribution is -0.870. The Kier molecular flexibility index (Phi) is 69.9. The lowest BCUT2D eigenvalue weighted by Gasteiger charge is -2.26. The van der Waals surface area contributed by atoms with Crippen LogP contribution in [0.2, 0.25) is 0 Å². The van der Waals surface area contributed by atoms with Gasteiger partial charge in [-0.25, -0.2) is 0 Å². The Morgan fingerprint density at radius 1 is 0.330 bits per heavy atom. The van der Waals surface area contributed by atoms with E-state index >= 15 is 0 Å². The minimum atomic E-state index is -1.62. The van der Waals surface area contributed by atoms with Crippen molar-refractivity contribution < 1.29 is 42.9 Å². The first-order valence-electron chi connectivity index (χ1n) is 39.1. The standard InChI is InChI=1S/C82H149NO8/c1-6-8-10-12-14-16-18-20-22-24-26-28-30-32-34-35-36-37-38-39-40-41-42-43-44-45-47-49-51-53-55-57-59-61-63-65-67-69-71-73-80(85)91-78(77-90-82(81(86)87)88-75-74-83(3,4)5)76-89-79(84)72-70-68-66-64-62-60-58-56-54-52-50-48-46-33-31-29-27-25-23-21-19-17-15-13-11-9-7-2/h18-21,24-27,30-33,78,82H,6-17,22-23,28-29,34-77H2,1-5H3/b20-18-,21-19-,26-24-,27-25-,32-30-,33-31-. The summed E-state index contributed by atoms with van der Waals surface area (Å²) in [6, 6.07) is 0. The van der Waals surface area contributed by atoms with E-state index in [0.29, 0.717) is 23.9 Å². The zero-order chi connectivity index (χ0) is 66.1. The molecule has 0 aromatic carbocycles. The van der Waals surface area contributed by atoms with Crippen molar-refractivity contribution in [1.29, 1.82) is 0 Å². The fraction of sp³-hybridized carbons (Fsp3) is 0.817. The lowest BCUT2D eigenvalue weighted by Crippen LogP contribution is -2.44. The summed E-state index contributed by atoms with van der Waals surface area (Å²) in [5, 5.41) is 11.8. The number of aliphatic carboxylic acids is 1. The van der Waals surface area contributed by atoms with Gasteiger partial charge in [0.2, 0.25) is 0 Å². The van der Waals surface area contributed by atoms with E-state index in [2.05, 4.69) is 86.8 Å². The molecule has 0 N–H and O–H groups in total. The molecule has 0 radical (unpaired) electrons. The molecule has 0 bridgehead atoms. The molecule has 0 heterocycles. The Balaban J connectivity index is 4.00. The number of rotatable bonds is 73. The van der Waals surface area contributed by atoms with Crippen LogP contribution in [0, 0.1) is 0 Å². The highest BCUT2D eigenvalue weighted by Crippen LogP contribution is 2.19. The number of quaternary nitrogens is 1. The van der Waals surface area contributed by atoms with Crippen molar-refractivity contribution in [3.8, 4) is 0 Å². The molecule has 0 aliphatic carbocycles. The number of carbonyl (C=O) groups is 3. The van der Waals surface area contributed by atoms with Crippen LogP contribution in [0.4, 0.5) is 0 Å². The van der Waals surface area contributed by atoms with Gasteiger partial charge in [0, 0.05) is 12.8 Å². The second-order valence-corrected chi connectivity index (χ2v) is 27.6. The van der Waals surface area contributed by atoms with Crippen molar-refractivity contribution in [1.82, 2.24) is 0 Å². The molecule has 0 aliphatic heterocycles. The zero-order valence-corrected chi connectivity index (χ0v) is 60.7. The van der Waals surface area contributed by atoms with E-state index in [-0.39, 0.29) is 32.2 Å². The highest BCUT2D eigenvalue weighted by atomic mass is 16.7. The Bertz CT molecular complexity index is 1730. The molecule has 0 aliphatic rings. The van der Waals surface area contributed by atoms with Crippen molar-refractivity contribution in [2.45, 2.75) is 386 Å². The SMILES string of the molecule is CCCCCCC/C=C\C/C=C\C/C=C\CCCCCCCCCCCCCCCCCCCCCCCCCCC(=O)OC(COC(=O)CCCCCCCCCCCCCC/C=C\C/C=C\C/C=C\CCCCCCC)COC(OCC[N+](C)(C)C)C(=O)[O-]. The minimum Gasteiger partial charge on any atom is -0.545 e. The number of hydrogen-bond donors (Lipinski definition) is 0. The molecule has 530 valence electrons. The Morgan fingerprint density at radius 2 is 0.593 bits per heavy atom. The summed E-state index contributed by atoms with van der Waals surface area (Å²) >= 11 is 0. The van der Waals surface area contributed by atoms with Crippen LogP contribution in [0.3, 0.4) is 0 Å². The molecule has 2 atom stereocenters. The van der Waals surface area contributed by atoms with Crippen molar-refractivity contribution >= 4 is 17.9 Å². The van der Waals surface area contributed by atoms with Crippen molar-refractivity contribution in [2.24, 2.45) is 0 Å². The third-order valence-corrected chi connectivity index (χ3v) is 17.4. The highest BCUT2D eigenvalue weighted by Gasteiger charge is 2.22. The van der Waals surface area contributed by atoms with E-state index < -0.39 is 24.3 Å². The summed E-state index contributed by atoms with van der Waals surface area (Å²) in [6.07, 6.45) is 94.4. The largest absolute Gasteiger partial charge is 0.545 e. The number of carboxylic acids is 1. The Morgan fingerprint density at radius 3 is 0.879 bits per heavy atom. The molecular weight excluding hydrogens is 1130 g/mol. The fourth-order valence-corrected chi connectivity index (χ4v) is 11.4. The average molecular weight is 1280 g/mol. The molecule has 0 saturated carbocycles. The van der Waals surface area contributed by atoms with Crippen LogP contribution in [0.15, 0.2) is 72.9 Å². The van der Waals surface area contributed by atoms with Gasteiger partial charge in [0.1, 0.15) is 13.2 Å². The van der Waals surface area contributed by atoms with E-state index in [1.807, 2.05) is 21.1 Å². The predicted octanol–water partition coefficient (Wildman–Crippen LogP) is 23.5. The first-order chi connectivity index (χ1) is 44.6. The van der Waals surface area contributed by atoms with Gasteiger partial charge in [0.15, 0.2) is 12.4 Å². The number of nitrogens with zero attached hydrogens (tertiary/aromatic N) is 1. The third-order valence-electron chi connectivity index (χ3n) is 17.4. The quantitative estimate of drug-likeness (QED) is 0.0195. The molecule has 2 unspecified atom stereocenters. The van der Waals surface area contributed by atoms with Gasteiger partial charge in [-0.3, -0.25) is 9.59 Å². The van der Waals surface area contributed by atoms with Crippen LogP contribution < -0.4 is 5.11 Å². The zero-order valence-electron chi connectivity index (χ0n) is 60.7. The molecule has 0 saturated heterocycles. The highest BCUT2D eigenvalue weighted by molar-refractivity contribution is 5.70. The maximum Gasteiger partial charge on any atom is 0.306 e. The number of allylic oxidation sites excluding steroid dienone is 12. The number of carbonyl (C=O) groups excluding carboxylic acids is 3. The van der Waals surface area contributed by atoms with E-state index in [4.69, 9.17) is 18.9 Å². The van der Waals surface area contributed by atoms with E-state index in [1.165, 1.54) is 283 Å². The van der Waals surface area contributed by atoms with Crippen molar-refractivity contribution in [3.05, 3.63) is 72.9 Å². The lowest BCUT2D eigenvalue weighted by atomic mass is 10.0. The van der Waals surface area contributed by atoms with Crippen LogP contribution in [-0.4, -0.2) is 82.3 Å². The third kappa shape index (κ3) is 74.0. The number of carboxylic acid groups (broad SMARTS) is 1. The van der Waals surface area contributed by atoms with Gasteiger partial charge < -0.3 is 33.3 Å². The number of hydrogen-bond acceptors (Lipinski definition) is 8. The number of likely N-dealkylation sites (N-methyl/N-ethyl adjacent to an activating group) is 1. The van der Waals surface area contributed by atoms with E-state index in [1.54, 1.807) is 0 Å². The summed E-state index contributed by atoms with van der Waals surface area (Å²) in [5.41, 5.74) is 0. The Labute approximate surface area is 564 Å². The summed E-state index contributed by atoms with van der Waals surface area (Å²) in [4.78, 5) is 37.6. The topological polar surface area (TPSA) is 111 Å². The molecule has 9 nitrogen and oxygen atoms in total. The van der Waals surface area contributed by atoms with Crippen LogP contribution in [0.5, 0.6) is 0 Å². The van der Waals surface area contributed by atoms with Gasteiger partial charge in [0.25, 0.3) is 0 Å². The van der Waals surface area contributed by atoms with Gasteiger partial charge in [-0.15, -0.1) is 0 Å². The van der Waals surface area contributed by atoms with Crippen molar-refractivity contribution in [2.75, 3.05) is 47.5 Å². The fourth-order valence-electron chi connectivity index (χ4n) is 11.4. The van der Waals surface area contributed by atoms with Gasteiger partial charge in [-0.2, -0.15) is 0 Å². The molecule has 0 rings (SSSR count). The van der Waals surface area contributed by atoms with Crippen LogP contribution >= 0.6 is 0 Å². The summed E-state index contributed by atoms with van der Waals surface area (Å²) < 4.78 is 22.9. The van der Waals surface area contributed by atoms with E-state index in [0.717, 1.165) is 57.8 Å². The first-order valence-corrected chi connectivity index (χ1v) is 39.1. The second-order valence-electron chi connectivity index (χ2n) is 27.6. The number of ether oxygens (including phenoxy) is 4. The van der Waals surface area contributed by atoms with Gasteiger partial charge in [-0.05, 0) is 89.9 Å². The molecular formula is C82H149NO8. The maximum atomic E-state index is 13.0. The average Bonchev–Trinajstić information content (AvgIpc) is 3.46. The molecule has 0 aromatic rings. The van der Waals surface area contributed by atoms with Gasteiger partial charge in [-0.1, -0.05) is 344 Å².